The van der Waals surface area contributed by atoms with Gasteiger partial charge in [-0.3, -0.25) is 19.1 Å². The van der Waals surface area contributed by atoms with Crippen LogP contribution in [0.4, 0.5) is 0 Å². The smallest absolute Gasteiger partial charge is 0.329 e. The first-order valence-electron chi connectivity index (χ1n) is 6.92. The zero-order valence-electron chi connectivity index (χ0n) is 12.8. The summed E-state index contributed by atoms with van der Waals surface area (Å²) in [5, 5.41) is 0.377. The number of amides is 1. The lowest BCUT2D eigenvalue weighted by molar-refractivity contribution is -0.133. The molecule has 22 heavy (non-hydrogen) atoms. The molecule has 0 fully saturated rings. The Kier molecular flexibility index (Phi) is 4.77. The number of nitrogens with one attached hydrogen (secondary N) is 1. The van der Waals surface area contributed by atoms with Crippen LogP contribution in [0.2, 0.25) is 0 Å². The van der Waals surface area contributed by atoms with Crippen LogP contribution in [0.1, 0.15) is 6.92 Å². The molecule has 0 radical (unpaired) electrons. The molecule has 7 nitrogen and oxygen atoms in total. The molecule has 1 atom stereocenters. The zero-order chi connectivity index (χ0) is 16.3. The van der Waals surface area contributed by atoms with Gasteiger partial charge in [0.25, 0.3) is 5.56 Å². The Bertz CT molecular complexity index is 793. The highest BCUT2D eigenvalue weighted by atomic mass is 16.5. The molecule has 0 aliphatic heterocycles. The number of carbonyl (C=O) groups is 1. The van der Waals surface area contributed by atoms with Crippen LogP contribution in [0.3, 0.4) is 0 Å². The fourth-order valence-corrected chi connectivity index (χ4v) is 2.24. The van der Waals surface area contributed by atoms with E-state index in [4.69, 9.17) is 4.74 Å². The predicted molar refractivity (Wildman–Crippen MR) is 82.9 cm³/mol. The number of ether oxygens (including phenoxy) is 1. The molecule has 0 aliphatic rings. The van der Waals surface area contributed by atoms with Gasteiger partial charge in [-0.05, 0) is 19.1 Å². The number of rotatable bonds is 5. The van der Waals surface area contributed by atoms with E-state index >= 15 is 0 Å². The average molecular weight is 305 g/mol. The predicted octanol–water partition coefficient (Wildman–Crippen LogP) is 0.183. The van der Waals surface area contributed by atoms with E-state index in [0.717, 1.165) is 0 Å². The third-order valence-corrected chi connectivity index (χ3v) is 3.66. The van der Waals surface area contributed by atoms with Gasteiger partial charge in [-0.2, -0.15) is 0 Å². The summed E-state index contributed by atoms with van der Waals surface area (Å²) in [7, 11) is 3.22. The molecule has 1 aromatic heterocycles. The van der Waals surface area contributed by atoms with Crippen molar-refractivity contribution in [2.24, 2.45) is 0 Å². The highest BCUT2D eigenvalue weighted by molar-refractivity contribution is 5.81. The van der Waals surface area contributed by atoms with Gasteiger partial charge >= 0.3 is 5.69 Å². The molecular formula is C15H19N3O4. The first kappa shape index (κ1) is 16.0. The maximum absolute atomic E-state index is 12.3. The molecule has 1 N–H and O–H groups in total. The maximum atomic E-state index is 12.3. The molecule has 2 rings (SSSR count). The summed E-state index contributed by atoms with van der Waals surface area (Å²) < 4.78 is 6.30. The second-order valence-electron chi connectivity index (χ2n) is 5.17. The summed E-state index contributed by atoms with van der Waals surface area (Å²) in [5.41, 5.74) is -0.604. The molecular weight excluding hydrogens is 286 g/mol. The molecule has 2 aromatic rings. The highest BCUT2D eigenvalue weighted by Crippen LogP contribution is 2.07. The van der Waals surface area contributed by atoms with Crippen molar-refractivity contribution in [3.05, 3.63) is 45.1 Å². The molecule has 7 heteroatoms. The van der Waals surface area contributed by atoms with Gasteiger partial charge in [0, 0.05) is 14.2 Å². The number of hydrogen-bond donors (Lipinski definition) is 1. The molecule has 118 valence electrons. The van der Waals surface area contributed by atoms with Gasteiger partial charge < -0.3 is 9.64 Å². The SMILES string of the molecule is COC[C@@H](C)N(C)C(=O)Cn1c(=O)[nH]c(=O)c2ccccc21. The number of nitrogens with zero attached hydrogens (tertiary/aromatic N) is 2. The molecule has 1 heterocycles. The monoisotopic (exact) mass is 305 g/mol. The van der Waals surface area contributed by atoms with E-state index in [-0.39, 0.29) is 18.5 Å². The number of hydrogen-bond acceptors (Lipinski definition) is 4. The van der Waals surface area contributed by atoms with Gasteiger partial charge in [-0.15, -0.1) is 0 Å². The third kappa shape index (κ3) is 3.09. The van der Waals surface area contributed by atoms with E-state index in [1.165, 1.54) is 9.47 Å². The minimum atomic E-state index is -0.593. The highest BCUT2D eigenvalue weighted by Gasteiger charge is 2.18. The molecule has 0 saturated carbocycles. The molecule has 0 bridgehead atoms. The quantitative estimate of drug-likeness (QED) is 0.854. The van der Waals surface area contributed by atoms with Crippen LogP contribution in [0.5, 0.6) is 0 Å². The van der Waals surface area contributed by atoms with Gasteiger partial charge in [0.1, 0.15) is 6.54 Å². The standard InChI is InChI=1S/C15H19N3O4/c1-10(9-22-3)17(2)13(19)8-18-12-7-5-4-6-11(12)14(20)16-15(18)21/h4-7,10H,8-9H2,1-3H3,(H,16,20,21)/t10-/m1/s1. The second kappa shape index (κ2) is 6.57. The van der Waals surface area contributed by atoms with Crippen LogP contribution in [-0.2, 0) is 16.1 Å². The number of fused-ring (bicyclic) bond motifs is 1. The summed E-state index contributed by atoms with van der Waals surface area (Å²) >= 11 is 0. The Hall–Kier alpha value is -2.41. The van der Waals surface area contributed by atoms with Crippen LogP contribution < -0.4 is 11.2 Å². The zero-order valence-corrected chi connectivity index (χ0v) is 12.8. The van der Waals surface area contributed by atoms with Crippen molar-refractivity contribution in [1.82, 2.24) is 14.5 Å². The van der Waals surface area contributed by atoms with Crippen molar-refractivity contribution < 1.29 is 9.53 Å². The molecule has 0 aliphatic carbocycles. The number of carbonyl (C=O) groups excluding carboxylic acids is 1. The van der Waals surface area contributed by atoms with Crippen LogP contribution in [0, 0.1) is 0 Å². The Labute approximate surface area is 127 Å². The van der Waals surface area contributed by atoms with Crippen molar-refractivity contribution >= 4 is 16.8 Å². The van der Waals surface area contributed by atoms with Crippen molar-refractivity contribution in [2.75, 3.05) is 20.8 Å². The number of para-hydroxylation sites is 1. The molecule has 1 aromatic carbocycles. The molecule has 0 unspecified atom stereocenters. The number of methoxy groups -OCH3 is 1. The molecule has 0 saturated heterocycles. The van der Waals surface area contributed by atoms with E-state index in [9.17, 15) is 14.4 Å². The van der Waals surface area contributed by atoms with Crippen molar-refractivity contribution in [3.8, 4) is 0 Å². The van der Waals surface area contributed by atoms with Gasteiger partial charge in [0.05, 0.1) is 23.6 Å². The van der Waals surface area contributed by atoms with Crippen molar-refractivity contribution in [2.45, 2.75) is 19.5 Å². The summed E-state index contributed by atoms with van der Waals surface area (Å²) in [4.78, 5) is 39.9. The van der Waals surface area contributed by atoms with Crippen molar-refractivity contribution in [1.29, 1.82) is 0 Å². The lowest BCUT2D eigenvalue weighted by atomic mass is 10.2. The number of aromatic nitrogens is 2. The van der Waals surface area contributed by atoms with Gasteiger partial charge in [-0.1, -0.05) is 12.1 Å². The fraction of sp³-hybridized carbons (Fsp3) is 0.400. The lowest BCUT2D eigenvalue weighted by Gasteiger charge is -2.24. The van der Waals surface area contributed by atoms with Crippen LogP contribution in [-0.4, -0.2) is 47.2 Å². The van der Waals surface area contributed by atoms with Gasteiger partial charge in [0.15, 0.2) is 0 Å². The van der Waals surface area contributed by atoms with E-state index in [1.54, 1.807) is 38.4 Å². The maximum Gasteiger partial charge on any atom is 0.329 e. The minimum Gasteiger partial charge on any atom is -0.383 e. The van der Waals surface area contributed by atoms with Crippen LogP contribution >= 0.6 is 0 Å². The van der Waals surface area contributed by atoms with E-state index < -0.39 is 11.2 Å². The van der Waals surface area contributed by atoms with E-state index in [0.29, 0.717) is 17.5 Å². The third-order valence-electron chi connectivity index (χ3n) is 3.66. The Balaban J connectivity index is 2.38. The van der Waals surface area contributed by atoms with E-state index in [1.807, 2.05) is 6.92 Å². The Morgan fingerprint density at radius 3 is 2.73 bits per heavy atom. The Morgan fingerprint density at radius 1 is 1.36 bits per heavy atom. The normalized spacial score (nSPS) is 12.3. The fourth-order valence-electron chi connectivity index (χ4n) is 2.24. The van der Waals surface area contributed by atoms with Gasteiger partial charge in [-0.25, -0.2) is 4.79 Å². The average Bonchev–Trinajstić information content (AvgIpc) is 2.50. The summed E-state index contributed by atoms with van der Waals surface area (Å²) in [6.45, 7) is 2.12. The summed E-state index contributed by atoms with van der Waals surface area (Å²) in [5.74, 6) is -0.233. The van der Waals surface area contributed by atoms with Crippen LogP contribution in [0.15, 0.2) is 33.9 Å². The van der Waals surface area contributed by atoms with Crippen molar-refractivity contribution in [3.63, 3.8) is 0 Å². The number of likely N-dealkylation sites (N-methyl/N-ethyl adjacent to an activating group) is 1. The minimum absolute atomic E-state index is 0.109. The largest absolute Gasteiger partial charge is 0.383 e. The summed E-state index contributed by atoms with van der Waals surface area (Å²) in [6, 6.07) is 6.59. The Morgan fingerprint density at radius 2 is 2.05 bits per heavy atom. The van der Waals surface area contributed by atoms with Crippen LogP contribution in [0.25, 0.3) is 10.9 Å². The number of aromatic amines is 1. The second-order valence-corrected chi connectivity index (χ2v) is 5.17. The first-order chi connectivity index (χ1) is 10.5. The lowest BCUT2D eigenvalue weighted by Crippen LogP contribution is -2.42. The summed E-state index contributed by atoms with van der Waals surface area (Å²) in [6.07, 6.45) is 0. The first-order valence-corrected chi connectivity index (χ1v) is 6.92. The molecule has 0 spiro atoms. The number of benzene rings is 1. The van der Waals surface area contributed by atoms with E-state index in [2.05, 4.69) is 4.98 Å². The van der Waals surface area contributed by atoms with Gasteiger partial charge in [0.2, 0.25) is 5.91 Å². The number of H-pyrrole nitrogens is 1. The topological polar surface area (TPSA) is 84.4 Å². The molecule has 1 amide bonds.